The summed E-state index contributed by atoms with van der Waals surface area (Å²) in [6.07, 6.45) is 2.71. The van der Waals surface area contributed by atoms with Gasteiger partial charge in [0, 0.05) is 30.1 Å². The molecule has 2 unspecified atom stereocenters. The van der Waals surface area contributed by atoms with Gasteiger partial charge in [-0.05, 0) is 49.4 Å². The Balaban J connectivity index is 2.01. The Hall–Kier alpha value is -0.380. The average Bonchev–Trinajstić information content (AvgIpc) is 2.43. The smallest absolute Gasteiger partial charge is 0.0247 e. The van der Waals surface area contributed by atoms with Gasteiger partial charge in [0.25, 0.3) is 0 Å². The molecule has 1 aliphatic rings. The Bertz CT molecular complexity index is 433. The normalized spacial score (nSPS) is 24.0. The largest absolute Gasteiger partial charge is 0.313 e. The SMILES string of the molecule is CCNCc1ccc(CN2CC(C)CCC2C)c(Br)c1. The minimum atomic E-state index is 0.708. The van der Waals surface area contributed by atoms with Crippen LogP contribution < -0.4 is 5.32 Å². The Labute approximate surface area is 132 Å². The summed E-state index contributed by atoms with van der Waals surface area (Å²) in [5, 5.41) is 3.37. The van der Waals surface area contributed by atoms with E-state index in [2.05, 4.69) is 65.1 Å². The molecule has 2 nitrogen and oxygen atoms in total. The van der Waals surface area contributed by atoms with Crippen LogP contribution in [0.3, 0.4) is 0 Å². The predicted molar refractivity (Wildman–Crippen MR) is 89.8 cm³/mol. The topological polar surface area (TPSA) is 15.3 Å². The van der Waals surface area contributed by atoms with E-state index in [1.165, 1.54) is 35.0 Å². The Kier molecular flexibility index (Phi) is 6.06. The number of halogens is 1. The van der Waals surface area contributed by atoms with Crippen LogP contribution in [-0.2, 0) is 13.1 Å². The number of rotatable bonds is 5. The van der Waals surface area contributed by atoms with Gasteiger partial charge in [0.2, 0.25) is 0 Å². The fraction of sp³-hybridized carbons (Fsp3) is 0.647. The van der Waals surface area contributed by atoms with E-state index in [9.17, 15) is 0 Å². The minimum Gasteiger partial charge on any atom is -0.313 e. The van der Waals surface area contributed by atoms with Gasteiger partial charge in [0.15, 0.2) is 0 Å². The Morgan fingerprint density at radius 1 is 1.30 bits per heavy atom. The summed E-state index contributed by atoms with van der Waals surface area (Å²) in [7, 11) is 0. The van der Waals surface area contributed by atoms with Crippen LogP contribution in [0.4, 0.5) is 0 Å². The molecular weight excluding hydrogens is 312 g/mol. The summed E-state index contributed by atoms with van der Waals surface area (Å²) < 4.78 is 1.25. The number of nitrogens with zero attached hydrogens (tertiary/aromatic N) is 1. The molecule has 2 rings (SSSR count). The molecule has 1 N–H and O–H groups in total. The highest BCUT2D eigenvalue weighted by molar-refractivity contribution is 9.10. The first-order valence-corrected chi connectivity index (χ1v) is 8.61. The summed E-state index contributed by atoms with van der Waals surface area (Å²) in [6.45, 7) is 11.1. The number of piperidine rings is 1. The van der Waals surface area contributed by atoms with Crippen molar-refractivity contribution in [1.82, 2.24) is 10.2 Å². The molecule has 0 bridgehead atoms. The van der Waals surface area contributed by atoms with Crippen molar-refractivity contribution in [3.8, 4) is 0 Å². The molecule has 3 heteroatoms. The van der Waals surface area contributed by atoms with Crippen LogP contribution in [0.2, 0.25) is 0 Å². The first-order chi connectivity index (χ1) is 9.60. The number of nitrogens with one attached hydrogen (secondary N) is 1. The maximum absolute atomic E-state index is 3.75. The van der Waals surface area contributed by atoms with E-state index in [1.54, 1.807) is 0 Å². The standard InChI is InChI=1S/C17H27BrN2/c1-4-19-10-15-7-8-16(17(18)9-15)12-20-11-13(2)5-6-14(20)3/h7-9,13-14,19H,4-6,10-12H2,1-3H3. The predicted octanol–water partition coefficient (Wildman–Crippen LogP) is 4.18. The van der Waals surface area contributed by atoms with E-state index in [0.29, 0.717) is 6.04 Å². The van der Waals surface area contributed by atoms with Crippen molar-refractivity contribution in [2.45, 2.75) is 52.7 Å². The van der Waals surface area contributed by atoms with E-state index < -0.39 is 0 Å². The van der Waals surface area contributed by atoms with Crippen LogP contribution in [0.1, 0.15) is 44.7 Å². The van der Waals surface area contributed by atoms with Crippen LogP contribution in [0.5, 0.6) is 0 Å². The lowest BCUT2D eigenvalue weighted by atomic mass is 9.94. The number of hydrogen-bond donors (Lipinski definition) is 1. The third-order valence-electron chi connectivity index (χ3n) is 4.32. The summed E-state index contributed by atoms with van der Waals surface area (Å²) in [5.41, 5.74) is 2.76. The van der Waals surface area contributed by atoms with Gasteiger partial charge in [-0.25, -0.2) is 0 Å². The highest BCUT2D eigenvalue weighted by Gasteiger charge is 2.23. The zero-order valence-corrected chi connectivity index (χ0v) is 14.5. The van der Waals surface area contributed by atoms with Gasteiger partial charge in [-0.2, -0.15) is 0 Å². The maximum atomic E-state index is 3.75. The van der Waals surface area contributed by atoms with E-state index in [-0.39, 0.29) is 0 Å². The molecule has 0 saturated carbocycles. The zero-order valence-electron chi connectivity index (χ0n) is 13.0. The lowest BCUT2D eigenvalue weighted by molar-refractivity contribution is 0.117. The molecule has 0 radical (unpaired) electrons. The molecule has 1 aliphatic heterocycles. The quantitative estimate of drug-likeness (QED) is 0.866. The number of benzene rings is 1. The van der Waals surface area contributed by atoms with Crippen LogP contribution >= 0.6 is 15.9 Å². The van der Waals surface area contributed by atoms with E-state index in [4.69, 9.17) is 0 Å². The van der Waals surface area contributed by atoms with Gasteiger partial charge in [-0.1, -0.05) is 41.9 Å². The summed E-state index contributed by atoms with van der Waals surface area (Å²) in [5.74, 6) is 0.831. The van der Waals surface area contributed by atoms with Gasteiger partial charge in [-0.15, -0.1) is 0 Å². The van der Waals surface area contributed by atoms with E-state index in [1.807, 2.05) is 0 Å². The third-order valence-corrected chi connectivity index (χ3v) is 5.06. The van der Waals surface area contributed by atoms with Gasteiger partial charge >= 0.3 is 0 Å². The van der Waals surface area contributed by atoms with Crippen LogP contribution in [-0.4, -0.2) is 24.0 Å². The molecule has 0 aliphatic carbocycles. The van der Waals surface area contributed by atoms with Crippen molar-refractivity contribution < 1.29 is 0 Å². The molecule has 112 valence electrons. The van der Waals surface area contributed by atoms with Gasteiger partial charge in [0.1, 0.15) is 0 Å². The molecule has 0 aromatic heterocycles. The van der Waals surface area contributed by atoms with Crippen molar-refractivity contribution in [1.29, 1.82) is 0 Å². The molecular formula is C17H27BrN2. The minimum absolute atomic E-state index is 0.708. The summed E-state index contributed by atoms with van der Waals surface area (Å²) in [6, 6.07) is 7.50. The Morgan fingerprint density at radius 2 is 2.10 bits per heavy atom. The second-order valence-electron chi connectivity index (χ2n) is 6.17. The number of likely N-dealkylation sites (tertiary alicyclic amines) is 1. The van der Waals surface area contributed by atoms with E-state index in [0.717, 1.165) is 25.6 Å². The fourth-order valence-electron chi connectivity index (χ4n) is 2.92. The van der Waals surface area contributed by atoms with Crippen LogP contribution in [0.25, 0.3) is 0 Å². The molecule has 1 aromatic rings. The van der Waals surface area contributed by atoms with Crippen molar-refractivity contribution >= 4 is 15.9 Å². The summed E-state index contributed by atoms with van der Waals surface area (Å²) >= 11 is 3.75. The van der Waals surface area contributed by atoms with Gasteiger partial charge in [-0.3, -0.25) is 4.90 Å². The maximum Gasteiger partial charge on any atom is 0.0247 e. The van der Waals surface area contributed by atoms with Crippen molar-refractivity contribution in [3.05, 3.63) is 33.8 Å². The molecule has 20 heavy (non-hydrogen) atoms. The van der Waals surface area contributed by atoms with Gasteiger partial charge < -0.3 is 5.32 Å². The van der Waals surface area contributed by atoms with Crippen LogP contribution in [0.15, 0.2) is 22.7 Å². The second kappa shape index (κ2) is 7.58. The van der Waals surface area contributed by atoms with Crippen LogP contribution in [0, 0.1) is 5.92 Å². The first-order valence-electron chi connectivity index (χ1n) is 7.82. The summed E-state index contributed by atoms with van der Waals surface area (Å²) in [4.78, 5) is 2.62. The van der Waals surface area contributed by atoms with E-state index >= 15 is 0 Å². The Morgan fingerprint density at radius 3 is 2.80 bits per heavy atom. The second-order valence-corrected chi connectivity index (χ2v) is 7.02. The molecule has 0 amide bonds. The highest BCUT2D eigenvalue weighted by Crippen LogP contribution is 2.26. The number of hydrogen-bond acceptors (Lipinski definition) is 2. The first kappa shape index (κ1) is 16.0. The average molecular weight is 339 g/mol. The lowest BCUT2D eigenvalue weighted by Gasteiger charge is -2.37. The van der Waals surface area contributed by atoms with Gasteiger partial charge in [0.05, 0.1) is 0 Å². The zero-order chi connectivity index (χ0) is 14.5. The third kappa shape index (κ3) is 4.31. The highest BCUT2D eigenvalue weighted by atomic mass is 79.9. The van der Waals surface area contributed by atoms with Crippen molar-refractivity contribution in [2.24, 2.45) is 5.92 Å². The molecule has 1 fully saturated rings. The molecule has 2 atom stereocenters. The fourth-order valence-corrected chi connectivity index (χ4v) is 3.47. The lowest BCUT2D eigenvalue weighted by Crippen LogP contribution is -2.40. The van der Waals surface area contributed by atoms with Crippen molar-refractivity contribution in [2.75, 3.05) is 13.1 Å². The molecule has 1 heterocycles. The molecule has 0 spiro atoms. The monoisotopic (exact) mass is 338 g/mol. The molecule has 1 saturated heterocycles. The molecule has 1 aromatic carbocycles. The van der Waals surface area contributed by atoms with Crippen molar-refractivity contribution in [3.63, 3.8) is 0 Å².